The van der Waals surface area contributed by atoms with Gasteiger partial charge in [-0.25, -0.2) is 9.50 Å². The molecule has 0 aromatic carbocycles. The molecular formula is C23H25N7O. The zero-order valence-electron chi connectivity index (χ0n) is 17.8. The lowest BCUT2D eigenvalue weighted by Gasteiger charge is -2.55. The molecule has 0 atom stereocenters. The summed E-state index contributed by atoms with van der Waals surface area (Å²) in [5.74, 6) is 3.84. The first kappa shape index (κ1) is 17.6. The van der Waals surface area contributed by atoms with Crippen molar-refractivity contribution >= 4 is 5.65 Å². The Morgan fingerprint density at radius 3 is 2.48 bits per heavy atom. The summed E-state index contributed by atoms with van der Waals surface area (Å²) < 4.78 is 10.0. The number of aryl methyl sites for hydroxylation is 1. The number of fused-ring (bicyclic) bond motifs is 1. The van der Waals surface area contributed by atoms with Crippen LogP contribution in [0.4, 0.5) is 0 Å². The van der Waals surface area contributed by atoms with E-state index in [0.717, 1.165) is 46.2 Å². The van der Waals surface area contributed by atoms with E-state index in [4.69, 9.17) is 9.52 Å². The average molecular weight is 416 g/mol. The van der Waals surface area contributed by atoms with Crippen LogP contribution in [-0.4, -0.2) is 34.6 Å². The molecule has 4 aliphatic carbocycles. The van der Waals surface area contributed by atoms with Crippen LogP contribution in [-0.2, 0) is 12.5 Å². The van der Waals surface area contributed by atoms with Gasteiger partial charge in [-0.3, -0.25) is 4.68 Å². The fourth-order valence-corrected chi connectivity index (χ4v) is 6.87. The first-order valence-electron chi connectivity index (χ1n) is 11.3. The molecular weight excluding hydrogens is 390 g/mol. The molecule has 0 N–H and O–H groups in total. The van der Waals surface area contributed by atoms with Crippen molar-refractivity contribution in [3.05, 3.63) is 36.1 Å². The van der Waals surface area contributed by atoms with Gasteiger partial charge < -0.3 is 4.42 Å². The second kappa shape index (κ2) is 6.02. The fraction of sp³-hybridized carbons (Fsp3) is 0.522. The zero-order valence-corrected chi connectivity index (χ0v) is 17.8. The molecule has 4 heterocycles. The van der Waals surface area contributed by atoms with Crippen molar-refractivity contribution in [3.8, 4) is 22.8 Å². The summed E-state index contributed by atoms with van der Waals surface area (Å²) in [5.41, 5.74) is 4.57. The van der Waals surface area contributed by atoms with Gasteiger partial charge in [0.05, 0.1) is 11.9 Å². The largest absolute Gasteiger partial charge is 0.419 e. The van der Waals surface area contributed by atoms with Gasteiger partial charge in [-0.15, -0.1) is 10.2 Å². The van der Waals surface area contributed by atoms with E-state index in [1.165, 1.54) is 38.5 Å². The maximum Gasteiger partial charge on any atom is 0.268 e. The van der Waals surface area contributed by atoms with E-state index >= 15 is 0 Å². The molecule has 4 saturated carbocycles. The summed E-state index contributed by atoms with van der Waals surface area (Å²) >= 11 is 0. The monoisotopic (exact) mass is 415 g/mol. The van der Waals surface area contributed by atoms with Crippen LogP contribution in [0.3, 0.4) is 0 Å². The topological polar surface area (TPSA) is 86.9 Å². The van der Waals surface area contributed by atoms with Gasteiger partial charge in [-0.1, -0.05) is 0 Å². The lowest BCUT2D eigenvalue weighted by atomic mass is 9.49. The third-order valence-corrected chi connectivity index (χ3v) is 8.01. The number of nitrogens with zero attached hydrogens (tertiary/aromatic N) is 7. The predicted octanol–water partition coefficient (Wildman–Crippen LogP) is 3.96. The third-order valence-electron chi connectivity index (χ3n) is 8.01. The van der Waals surface area contributed by atoms with E-state index in [1.54, 1.807) is 6.20 Å². The standard InChI is InChI=1S/C23H25N7O/c1-13-17(12-25-29(13)2)19-3-4-24-20-8-18(28-30(19)20)21-26-27-22(31-21)23-9-14-5-15(10-23)7-16(6-14)11-23/h3-4,8,12,14-16H,5-7,9-11H2,1-2H3. The molecule has 0 spiro atoms. The Bertz CT molecular complexity index is 1280. The van der Waals surface area contributed by atoms with Crippen LogP contribution in [0.25, 0.3) is 28.5 Å². The molecule has 8 rings (SSSR count). The molecule has 0 saturated heterocycles. The fourth-order valence-electron chi connectivity index (χ4n) is 6.87. The van der Waals surface area contributed by atoms with Crippen molar-refractivity contribution in [2.75, 3.05) is 0 Å². The van der Waals surface area contributed by atoms with Crippen molar-refractivity contribution in [2.45, 2.75) is 50.9 Å². The molecule has 0 radical (unpaired) electrons. The lowest BCUT2D eigenvalue weighted by molar-refractivity contribution is -0.0176. The first-order chi connectivity index (χ1) is 15.1. The normalized spacial score (nSPS) is 29.3. The highest BCUT2D eigenvalue weighted by Crippen LogP contribution is 2.60. The van der Waals surface area contributed by atoms with E-state index in [-0.39, 0.29) is 5.41 Å². The van der Waals surface area contributed by atoms with Crippen LogP contribution in [0, 0.1) is 24.7 Å². The second-order valence-corrected chi connectivity index (χ2v) is 10.0. The van der Waals surface area contributed by atoms with Crippen molar-refractivity contribution in [3.63, 3.8) is 0 Å². The van der Waals surface area contributed by atoms with Gasteiger partial charge in [0.1, 0.15) is 0 Å². The van der Waals surface area contributed by atoms with E-state index in [0.29, 0.717) is 11.6 Å². The summed E-state index contributed by atoms with van der Waals surface area (Å²) in [7, 11) is 1.94. The molecule has 8 heteroatoms. The van der Waals surface area contributed by atoms with Gasteiger partial charge in [-0.2, -0.15) is 10.2 Å². The molecule has 0 aliphatic heterocycles. The predicted molar refractivity (Wildman–Crippen MR) is 113 cm³/mol. The van der Waals surface area contributed by atoms with Crippen molar-refractivity contribution in [2.24, 2.45) is 24.8 Å². The maximum absolute atomic E-state index is 6.32. The number of hydrogen-bond acceptors (Lipinski definition) is 6. The van der Waals surface area contributed by atoms with Crippen LogP contribution in [0.5, 0.6) is 0 Å². The van der Waals surface area contributed by atoms with Gasteiger partial charge in [0, 0.05) is 36.0 Å². The second-order valence-electron chi connectivity index (χ2n) is 10.0. The summed E-state index contributed by atoms with van der Waals surface area (Å²) in [6, 6.07) is 3.88. The molecule has 0 unspecified atom stereocenters. The highest BCUT2D eigenvalue weighted by Gasteiger charge is 2.54. The zero-order chi connectivity index (χ0) is 20.7. The molecule has 4 fully saturated rings. The molecule has 0 amide bonds. The first-order valence-corrected chi connectivity index (χ1v) is 11.3. The minimum Gasteiger partial charge on any atom is -0.419 e. The van der Waals surface area contributed by atoms with E-state index in [9.17, 15) is 0 Å². The SMILES string of the molecule is Cc1c(-c2ccnc3cc(-c4nnc(C56CC7CC(CC(C7)C5)C6)o4)nn23)cnn1C. The number of rotatable bonds is 3. The summed E-state index contributed by atoms with van der Waals surface area (Å²) in [6.07, 6.45) is 11.5. The molecule has 4 aromatic rings. The molecule has 8 nitrogen and oxygen atoms in total. The van der Waals surface area contributed by atoms with Crippen molar-refractivity contribution < 1.29 is 4.42 Å². The van der Waals surface area contributed by atoms with Gasteiger partial charge >= 0.3 is 0 Å². The van der Waals surface area contributed by atoms with Gasteiger partial charge in [0.2, 0.25) is 5.89 Å². The van der Waals surface area contributed by atoms with Crippen LogP contribution in [0.1, 0.15) is 50.1 Å². The van der Waals surface area contributed by atoms with Crippen molar-refractivity contribution in [1.29, 1.82) is 0 Å². The Kier molecular flexibility index (Phi) is 3.42. The van der Waals surface area contributed by atoms with Gasteiger partial charge in [0.15, 0.2) is 11.3 Å². The van der Waals surface area contributed by atoms with Gasteiger partial charge in [-0.05, 0) is 69.3 Å². The van der Waals surface area contributed by atoms with Crippen LogP contribution in [0.15, 0.2) is 28.9 Å². The summed E-state index contributed by atoms with van der Waals surface area (Å²) in [5, 5.41) is 18.1. The minimum absolute atomic E-state index is 0.0926. The Morgan fingerprint density at radius 2 is 1.81 bits per heavy atom. The van der Waals surface area contributed by atoms with Crippen molar-refractivity contribution in [1.82, 2.24) is 34.6 Å². The molecule has 4 aliphatic rings. The van der Waals surface area contributed by atoms with Crippen LogP contribution >= 0.6 is 0 Å². The summed E-state index contributed by atoms with van der Waals surface area (Å²) in [4.78, 5) is 4.49. The lowest BCUT2D eigenvalue weighted by Crippen LogP contribution is -2.48. The molecule has 158 valence electrons. The Hall–Kier alpha value is -3.03. The van der Waals surface area contributed by atoms with E-state index < -0.39 is 0 Å². The van der Waals surface area contributed by atoms with E-state index in [1.807, 2.05) is 34.6 Å². The summed E-state index contributed by atoms with van der Waals surface area (Å²) in [6.45, 7) is 2.05. The Balaban J connectivity index is 1.29. The Morgan fingerprint density at radius 1 is 1.06 bits per heavy atom. The highest BCUT2D eigenvalue weighted by atomic mass is 16.4. The van der Waals surface area contributed by atoms with Crippen LogP contribution in [0.2, 0.25) is 0 Å². The minimum atomic E-state index is 0.0926. The number of hydrogen-bond donors (Lipinski definition) is 0. The van der Waals surface area contributed by atoms with Gasteiger partial charge in [0.25, 0.3) is 5.89 Å². The quantitative estimate of drug-likeness (QED) is 0.503. The Labute approximate surface area is 179 Å². The average Bonchev–Trinajstić information content (AvgIpc) is 3.46. The highest BCUT2D eigenvalue weighted by molar-refractivity contribution is 5.66. The smallest absolute Gasteiger partial charge is 0.268 e. The number of aromatic nitrogens is 7. The maximum atomic E-state index is 6.32. The van der Waals surface area contributed by atoms with E-state index in [2.05, 4.69) is 27.2 Å². The molecule has 4 bridgehead atoms. The third kappa shape index (κ3) is 2.50. The molecule has 31 heavy (non-hydrogen) atoms. The molecule has 4 aromatic heterocycles. The van der Waals surface area contributed by atoms with Crippen LogP contribution < -0.4 is 0 Å².